The van der Waals surface area contributed by atoms with Gasteiger partial charge in [-0.25, -0.2) is 0 Å². The molecule has 28 heavy (non-hydrogen) atoms. The smallest absolute Gasteiger partial charge is 0.260 e. The number of fused-ring (bicyclic) bond motifs is 1. The van der Waals surface area contributed by atoms with Crippen LogP contribution in [-0.2, 0) is 4.79 Å². The van der Waals surface area contributed by atoms with Gasteiger partial charge in [-0.05, 0) is 48.9 Å². The lowest BCUT2D eigenvalue weighted by Gasteiger charge is -2.41. The zero-order chi connectivity index (χ0) is 19.3. The summed E-state index contributed by atoms with van der Waals surface area (Å²) >= 11 is 0. The Kier molecular flexibility index (Phi) is 5.75. The SMILES string of the molecule is O=C(c1ccccc1)c1ccc(OCC(=O)N2CC[C@H]3CCCC[C@@H]3C2)cc1. The molecule has 146 valence electrons. The average Bonchev–Trinajstić information content (AvgIpc) is 2.77. The summed E-state index contributed by atoms with van der Waals surface area (Å²) in [7, 11) is 0. The predicted molar refractivity (Wildman–Crippen MR) is 108 cm³/mol. The van der Waals surface area contributed by atoms with Gasteiger partial charge in [0.2, 0.25) is 0 Å². The number of carbonyl (C=O) groups excluding carboxylic acids is 2. The van der Waals surface area contributed by atoms with Crippen LogP contribution in [0.1, 0.15) is 48.0 Å². The normalized spacial score (nSPS) is 21.6. The first-order valence-corrected chi connectivity index (χ1v) is 10.3. The first-order valence-electron chi connectivity index (χ1n) is 10.3. The molecule has 0 spiro atoms. The second kappa shape index (κ2) is 8.59. The molecule has 4 rings (SSSR count). The van der Waals surface area contributed by atoms with E-state index >= 15 is 0 Å². The van der Waals surface area contributed by atoms with Crippen LogP contribution in [0.15, 0.2) is 54.6 Å². The van der Waals surface area contributed by atoms with Crippen LogP contribution in [0.3, 0.4) is 0 Å². The molecule has 1 aliphatic carbocycles. The van der Waals surface area contributed by atoms with Crippen LogP contribution in [0.4, 0.5) is 0 Å². The summed E-state index contributed by atoms with van der Waals surface area (Å²) in [4.78, 5) is 27.0. The van der Waals surface area contributed by atoms with Crippen LogP contribution in [0.2, 0.25) is 0 Å². The first kappa shape index (κ1) is 18.7. The highest BCUT2D eigenvalue weighted by atomic mass is 16.5. The van der Waals surface area contributed by atoms with Gasteiger partial charge in [-0.15, -0.1) is 0 Å². The summed E-state index contributed by atoms with van der Waals surface area (Å²) in [6.45, 7) is 1.80. The standard InChI is InChI=1S/C24H27NO3/c26-23(25-15-14-18-6-4-5-9-21(18)16-25)17-28-22-12-10-20(11-13-22)24(27)19-7-2-1-3-8-19/h1-3,7-8,10-13,18,21H,4-6,9,14-17H2/t18-,21-/m1/s1. The Morgan fingerprint density at radius 2 is 1.54 bits per heavy atom. The minimum Gasteiger partial charge on any atom is -0.484 e. The second-order valence-electron chi connectivity index (χ2n) is 7.94. The zero-order valence-electron chi connectivity index (χ0n) is 16.2. The molecule has 2 fully saturated rings. The van der Waals surface area contributed by atoms with Gasteiger partial charge in [0.15, 0.2) is 12.4 Å². The van der Waals surface area contributed by atoms with E-state index in [1.54, 1.807) is 36.4 Å². The minimum atomic E-state index is -0.0152. The molecule has 4 nitrogen and oxygen atoms in total. The zero-order valence-corrected chi connectivity index (χ0v) is 16.2. The number of amides is 1. The van der Waals surface area contributed by atoms with Crippen molar-refractivity contribution >= 4 is 11.7 Å². The van der Waals surface area contributed by atoms with E-state index in [-0.39, 0.29) is 18.3 Å². The van der Waals surface area contributed by atoms with E-state index in [0.717, 1.165) is 25.4 Å². The molecule has 2 aliphatic rings. The van der Waals surface area contributed by atoms with E-state index in [4.69, 9.17) is 4.74 Å². The van der Waals surface area contributed by atoms with E-state index in [1.807, 2.05) is 23.1 Å². The lowest BCUT2D eigenvalue weighted by atomic mass is 9.75. The molecule has 1 saturated carbocycles. The first-order chi connectivity index (χ1) is 13.7. The number of hydrogen-bond acceptors (Lipinski definition) is 3. The topological polar surface area (TPSA) is 46.6 Å². The van der Waals surface area contributed by atoms with Gasteiger partial charge in [0.25, 0.3) is 5.91 Å². The Morgan fingerprint density at radius 3 is 2.29 bits per heavy atom. The predicted octanol–water partition coefficient (Wildman–Crippen LogP) is 4.34. The molecule has 2 aromatic carbocycles. The molecule has 2 aromatic rings. The minimum absolute atomic E-state index is 0.0152. The molecule has 0 N–H and O–H groups in total. The Balaban J connectivity index is 1.30. The molecule has 2 atom stereocenters. The van der Waals surface area contributed by atoms with E-state index in [1.165, 1.54) is 25.7 Å². The van der Waals surface area contributed by atoms with Crippen molar-refractivity contribution in [2.45, 2.75) is 32.1 Å². The van der Waals surface area contributed by atoms with Gasteiger partial charge in [0, 0.05) is 24.2 Å². The lowest BCUT2D eigenvalue weighted by molar-refractivity contribution is -0.136. The number of ether oxygens (including phenoxy) is 1. The Hall–Kier alpha value is -2.62. The highest BCUT2D eigenvalue weighted by molar-refractivity contribution is 6.08. The number of hydrogen-bond donors (Lipinski definition) is 0. The van der Waals surface area contributed by atoms with Gasteiger partial charge >= 0.3 is 0 Å². The van der Waals surface area contributed by atoms with E-state index < -0.39 is 0 Å². The summed E-state index contributed by atoms with van der Waals surface area (Å²) in [6.07, 6.45) is 6.37. The van der Waals surface area contributed by atoms with Crippen molar-refractivity contribution in [1.29, 1.82) is 0 Å². The lowest BCUT2D eigenvalue weighted by Crippen LogP contribution is -2.46. The third-order valence-corrected chi connectivity index (χ3v) is 6.16. The molecular weight excluding hydrogens is 350 g/mol. The monoisotopic (exact) mass is 377 g/mol. The van der Waals surface area contributed by atoms with Gasteiger partial charge in [-0.3, -0.25) is 9.59 Å². The quantitative estimate of drug-likeness (QED) is 0.729. The molecule has 0 bridgehead atoms. The highest BCUT2D eigenvalue weighted by Crippen LogP contribution is 2.36. The van der Waals surface area contributed by atoms with Crippen molar-refractivity contribution in [3.63, 3.8) is 0 Å². The van der Waals surface area contributed by atoms with Gasteiger partial charge in [0.05, 0.1) is 0 Å². The third kappa shape index (κ3) is 4.27. The number of likely N-dealkylation sites (tertiary alicyclic amines) is 1. The maximum atomic E-state index is 12.6. The average molecular weight is 377 g/mol. The number of benzene rings is 2. The van der Waals surface area contributed by atoms with E-state index in [0.29, 0.717) is 22.8 Å². The van der Waals surface area contributed by atoms with Crippen LogP contribution in [-0.4, -0.2) is 36.3 Å². The van der Waals surface area contributed by atoms with E-state index in [9.17, 15) is 9.59 Å². The van der Waals surface area contributed by atoms with Crippen molar-refractivity contribution in [2.24, 2.45) is 11.8 Å². The molecule has 4 heteroatoms. The molecule has 0 aromatic heterocycles. The van der Waals surface area contributed by atoms with Crippen molar-refractivity contribution in [2.75, 3.05) is 19.7 Å². The molecule has 1 saturated heterocycles. The van der Waals surface area contributed by atoms with Gasteiger partial charge in [-0.2, -0.15) is 0 Å². The van der Waals surface area contributed by atoms with Crippen LogP contribution >= 0.6 is 0 Å². The molecule has 1 heterocycles. The summed E-state index contributed by atoms with van der Waals surface area (Å²) < 4.78 is 5.69. The van der Waals surface area contributed by atoms with E-state index in [2.05, 4.69) is 0 Å². The summed E-state index contributed by atoms with van der Waals surface area (Å²) in [5, 5.41) is 0. The van der Waals surface area contributed by atoms with Crippen LogP contribution in [0.25, 0.3) is 0 Å². The van der Waals surface area contributed by atoms with Gasteiger partial charge in [0.1, 0.15) is 5.75 Å². The summed E-state index contributed by atoms with van der Waals surface area (Å²) in [5.74, 6) is 2.15. The summed E-state index contributed by atoms with van der Waals surface area (Å²) in [5.41, 5.74) is 1.28. The number of ketones is 1. The van der Waals surface area contributed by atoms with Crippen LogP contribution in [0.5, 0.6) is 5.75 Å². The molecule has 1 aliphatic heterocycles. The molecule has 0 unspecified atom stereocenters. The van der Waals surface area contributed by atoms with Crippen molar-refractivity contribution in [3.8, 4) is 5.75 Å². The number of piperidine rings is 1. The fraction of sp³-hybridized carbons (Fsp3) is 0.417. The largest absolute Gasteiger partial charge is 0.484 e. The Bertz CT molecular complexity index is 816. The summed E-state index contributed by atoms with van der Waals surface area (Å²) in [6, 6.07) is 16.2. The fourth-order valence-electron chi connectivity index (χ4n) is 4.52. The van der Waals surface area contributed by atoms with Gasteiger partial charge < -0.3 is 9.64 Å². The van der Waals surface area contributed by atoms with Crippen molar-refractivity contribution in [1.82, 2.24) is 4.90 Å². The second-order valence-corrected chi connectivity index (χ2v) is 7.94. The van der Waals surface area contributed by atoms with Crippen LogP contribution in [0, 0.1) is 11.8 Å². The highest BCUT2D eigenvalue weighted by Gasteiger charge is 2.32. The molecular formula is C24H27NO3. The Morgan fingerprint density at radius 1 is 0.857 bits per heavy atom. The Labute approximate surface area is 166 Å². The molecule has 1 amide bonds. The van der Waals surface area contributed by atoms with Gasteiger partial charge in [-0.1, -0.05) is 49.6 Å². The van der Waals surface area contributed by atoms with Crippen molar-refractivity contribution in [3.05, 3.63) is 65.7 Å². The third-order valence-electron chi connectivity index (χ3n) is 6.16. The number of nitrogens with zero attached hydrogens (tertiary/aromatic N) is 1. The number of rotatable bonds is 5. The molecule has 0 radical (unpaired) electrons. The fourth-order valence-corrected chi connectivity index (χ4v) is 4.52. The van der Waals surface area contributed by atoms with Crippen LogP contribution < -0.4 is 4.74 Å². The van der Waals surface area contributed by atoms with Crippen molar-refractivity contribution < 1.29 is 14.3 Å². The maximum absolute atomic E-state index is 12.6. The maximum Gasteiger partial charge on any atom is 0.260 e. The number of carbonyl (C=O) groups is 2.